The van der Waals surface area contributed by atoms with Crippen molar-refractivity contribution >= 4 is 33.5 Å². The van der Waals surface area contributed by atoms with E-state index in [0.717, 1.165) is 10.0 Å². The van der Waals surface area contributed by atoms with Gasteiger partial charge in [0.15, 0.2) is 6.61 Å². The number of esters is 1. The molecule has 0 spiro atoms. The quantitative estimate of drug-likeness (QED) is 0.862. The molecule has 0 aliphatic carbocycles. The van der Waals surface area contributed by atoms with E-state index in [4.69, 9.17) is 4.74 Å². The first-order valence-electron chi connectivity index (χ1n) is 6.19. The zero-order chi connectivity index (χ0) is 15.2. The minimum Gasteiger partial charge on any atom is -0.452 e. The third-order valence-electron chi connectivity index (χ3n) is 2.69. The Morgan fingerprint density at radius 1 is 1.24 bits per heavy atom. The van der Waals surface area contributed by atoms with E-state index in [2.05, 4.69) is 26.2 Å². The molecule has 5 nitrogen and oxygen atoms in total. The lowest BCUT2D eigenvalue weighted by atomic mass is 10.2. The number of nitrogens with one attached hydrogen (secondary N) is 1. The predicted molar refractivity (Wildman–Crippen MR) is 82.0 cm³/mol. The zero-order valence-electron chi connectivity index (χ0n) is 11.3. The van der Waals surface area contributed by atoms with Crippen molar-refractivity contribution < 1.29 is 14.3 Å². The number of nitrogens with zero attached hydrogens (tertiary/aromatic N) is 1. The van der Waals surface area contributed by atoms with Crippen LogP contribution in [0, 0.1) is 6.92 Å². The fourth-order valence-electron chi connectivity index (χ4n) is 1.62. The molecule has 0 radical (unpaired) electrons. The van der Waals surface area contributed by atoms with Crippen molar-refractivity contribution in [1.29, 1.82) is 0 Å². The molecule has 0 saturated heterocycles. The zero-order valence-corrected chi connectivity index (χ0v) is 12.9. The highest BCUT2D eigenvalue weighted by molar-refractivity contribution is 9.10. The number of hydrogen-bond donors (Lipinski definition) is 1. The minimum absolute atomic E-state index is 0.337. The fraction of sp³-hybridized carbons (Fsp3) is 0.133. The molecule has 0 aliphatic heterocycles. The molecular formula is C15H13BrN2O3. The number of aryl methyl sites for hydroxylation is 1. The highest BCUT2D eigenvalue weighted by Crippen LogP contribution is 2.19. The van der Waals surface area contributed by atoms with Crippen LogP contribution in [0.4, 0.5) is 5.69 Å². The summed E-state index contributed by atoms with van der Waals surface area (Å²) in [6.45, 7) is 1.58. The van der Waals surface area contributed by atoms with Gasteiger partial charge in [0.2, 0.25) is 0 Å². The van der Waals surface area contributed by atoms with E-state index in [0.29, 0.717) is 11.3 Å². The topological polar surface area (TPSA) is 68.3 Å². The number of amides is 1. The number of anilines is 1. The smallest absolute Gasteiger partial charge is 0.338 e. The van der Waals surface area contributed by atoms with Crippen molar-refractivity contribution in [2.24, 2.45) is 0 Å². The number of hydrogen-bond acceptors (Lipinski definition) is 4. The van der Waals surface area contributed by atoms with Crippen LogP contribution in [-0.4, -0.2) is 23.5 Å². The molecule has 1 aromatic carbocycles. The van der Waals surface area contributed by atoms with Crippen molar-refractivity contribution in [3.63, 3.8) is 0 Å². The summed E-state index contributed by atoms with van der Waals surface area (Å²) in [5.41, 5.74) is 2.01. The molecule has 0 bridgehead atoms. The van der Waals surface area contributed by atoms with Crippen LogP contribution in [0.3, 0.4) is 0 Å². The molecule has 0 fully saturated rings. The maximum Gasteiger partial charge on any atom is 0.338 e. The number of halogens is 1. The van der Waals surface area contributed by atoms with E-state index in [9.17, 15) is 9.59 Å². The van der Waals surface area contributed by atoms with Crippen molar-refractivity contribution in [2.45, 2.75) is 6.92 Å². The maximum atomic E-state index is 11.7. The molecule has 6 heteroatoms. The first-order chi connectivity index (χ1) is 10.1. The number of pyridine rings is 1. The molecule has 21 heavy (non-hydrogen) atoms. The summed E-state index contributed by atoms with van der Waals surface area (Å²) in [6.07, 6.45) is 2.97. The highest BCUT2D eigenvalue weighted by atomic mass is 79.9. The van der Waals surface area contributed by atoms with Crippen LogP contribution < -0.4 is 5.32 Å². The largest absolute Gasteiger partial charge is 0.452 e. The third-order valence-corrected chi connectivity index (χ3v) is 3.58. The first-order valence-corrected chi connectivity index (χ1v) is 6.99. The van der Waals surface area contributed by atoms with E-state index < -0.39 is 5.97 Å². The van der Waals surface area contributed by atoms with Gasteiger partial charge in [0, 0.05) is 22.6 Å². The molecule has 1 aromatic heterocycles. The van der Waals surface area contributed by atoms with Gasteiger partial charge in [0.05, 0.1) is 5.56 Å². The number of benzene rings is 1. The number of ether oxygens (including phenoxy) is 1. The summed E-state index contributed by atoms with van der Waals surface area (Å²) in [4.78, 5) is 27.2. The predicted octanol–water partition coefficient (Wildman–Crippen LogP) is 2.95. The highest BCUT2D eigenvalue weighted by Gasteiger charge is 2.10. The maximum absolute atomic E-state index is 11.7. The number of aromatic nitrogens is 1. The van der Waals surface area contributed by atoms with Gasteiger partial charge in [-0.2, -0.15) is 0 Å². The fourth-order valence-corrected chi connectivity index (χ4v) is 1.87. The van der Waals surface area contributed by atoms with Crippen molar-refractivity contribution in [3.8, 4) is 0 Å². The molecular weight excluding hydrogens is 336 g/mol. The average Bonchev–Trinajstić information content (AvgIpc) is 2.49. The summed E-state index contributed by atoms with van der Waals surface area (Å²) in [7, 11) is 0. The van der Waals surface area contributed by atoms with Gasteiger partial charge in [-0.15, -0.1) is 0 Å². The number of carbonyl (C=O) groups is 2. The Hall–Kier alpha value is -2.21. The Labute approximate surface area is 130 Å². The van der Waals surface area contributed by atoms with Crippen LogP contribution in [0.1, 0.15) is 15.9 Å². The van der Waals surface area contributed by atoms with E-state index in [-0.39, 0.29) is 12.5 Å². The summed E-state index contributed by atoms with van der Waals surface area (Å²) in [6, 6.07) is 8.48. The molecule has 108 valence electrons. The minimum atomic E-state index is -0.556. The van der Waals surface area contributed by atoms with Gasteiger partial charge in [-0.25, -0.2) is 4.79 Å². The Morgan fingerprint density at radius 3 is 2.62 bits per heavy atom. The Bertz CT molecular complexity index is 659. The molecule has 2 rings (SSSR count). The molecule has 2 aromatic rings. The van der Waals surface area contributed by atoms with E-state index in [1.54, 1.807) is 6.07 Å². The van der Waals surface area contributed by atoms with Crippen molar-refractivity contribution in [1.82, 2.24) is 4.98 Å². The second-order valence-electron chi connectivity index (χ2n) is 4.32. The first kappa shape index (κ1) is 15.2. The Balaban J connectivity index is 1.87. The van der Waals surface area contributed by atoms with Gasteiger partial charge in [0.25, 0.3) is 5.91 Å². The SMILES string of the molecule is Cc1cc(NC(=O)COC(=O)c2ccncc2)ccc1Br. The van der Waals surface area contributed by atoms with Crippen molar-refractivity contribution in [3.05, 3.63) is 58.3 Å². The third kappa shape index (κ3) is 4.39. The van der Waals surface area contributed by atoms with Crippen LogP contribution in [0.25, 0.3) is 0 Å². The summed E-state index contributed by atoms with van der Waals surface area (Å²) < 4.78 is 5.89. The second kappa shape index (κ2) is 6.99. The van der Waals surface area contributed by atoms with E-state index in [1.807, 2.05) is 19.1 Å². The van der Waals surface area contributed by atoms with E-state index in [1.165, 1.54) is 24.5 Å². The standard InChI is InChI=1S/C15H13BrN2O3/c1-10-8-12(2-3-13(10)16)18-14(19)9-21-15(20)11-4-6-17-7-5-11/h2-8H,9H2,1H3,(H,18,19). The molecule has 0 atom stereocenters. The van der Waals surface area contributed by atoms with Crippen LogP contribution in [0.5, 0.6) is 0 Å². The lowest BCUT2D eigenvalue weighted by Crippen LogP contribution is -2.21. The Kier molecular flexibility index (Phi) is 5.05. The lowest BCUT2D eigenvalue weighted by Gasteiger charge is -2.08. The molecule has 1 amide bonds. The van der Waals surface area contributed by atoms with Gasteiger partial charge in [-0.1, -0.05) is 15.9 Å². The summed E-state index contributed by atoms with van der Waals surface area (Å²) >= 11 is 3.38. The van der Waals surface area contributed by atoms with Gasteiger partial charge >= 0.3 is 5.97 Å². The molecule has 0 saturated carbocycles. The van der Waals surface area contributed by atoms with Crippen LogP contribution in [0.15, 0.2) is 47.2 Å². The summed E-state index contributed by atoms with van der Waals surface area (Å²) in [5.74, 6) is -0.946. The molecule has 1 heterocycles. The van der Waals surface area contributed by atoms with Crippen LogP contribution >= 0.6 is 15.9 Å². The number of carbonyl (C=O) groups excluding carboxylic acids is 2. The van der Waals surface area contributed by atoms with Gasteiger partial charge in [-0.3, -0.25) is 9.78 Å². The lowest BCUT2D eigenvalue weighted by molar-refractivity contribution is -0.119. The van der Waals surface area contributed by atoms with Crippen LogP contribution in [-0.2, 0) is 9.53 Å². The molecule has 1 N–H and O–H groups in total. The van der Waals surface area contributed by atoms with Gasteiger partial charge < -0.3 is 10.1 Å². The summed E-state index contributed by atoms with van der Waals surface area (Å²) in [5, 5.41) is 2.67. The monoisotopic (exact) mass is 348 g/mol. The molecule has 0 unspecified atom stereocenters. The average molecular weight is 349 g/mol. The molecule has 0 aliphatic rings. The van der Waals surface area contributed by atoms with Crippen molar-refractivity contribution in [2.75, 3.05) is 11.9 Å². The van der Waals surface area contributed by atoms with Gasteiger partial charge in [-0.05, 0) is 42.8 Å². The second-order valence-corrected chi connectivity index (χ2v) is 5.18. The number of rotatable bonds is 4. The van der Waals surface area contributed by atoms with Gasteiger partial charge in [0.1, 0.15) is 0 Å². The van der Waals surface area contributed by atoms with E-state index >= 15 is 0 Å². The normalized spacial score (nSPS) is 10.0. The van der Waals surface area contributed by atoms with Crippen LogP contribution in [0.2, 0.25) is 0 Å². The Morgan fingerprint density at radius 2 is 1.95 bits per heavy atom.